The van der Waals surface area contributed by atoms with Crippen molar-refractivity contribution in [2.45, 2.75) is 39.9 Å². The second kappa shape index (κ2) is 7.42. The smallest absolute Gasteiger partial charge is 0.318 e. The lowest BCUT2D eigenvalue weighted by atomic mass is 10.1. The summed E-state index contributed by atoms with van der Waals surface area (Å²) in [6, 6.07) is 8.12. The zero-order valence-electron chi connectivity index (χ0n) is 15.0. The number of carbonyl (C=O) groups excluding carboxylic acids is 1. The van der Waals surface area contributed by atoms with Crippen molar-refractivity contribution in [2.75, 3.05) is 6.54 Å². The van der Waals surface area contributed by atoms with Gasteiger partial charge in [-0.2, -0.15) is 5.10 Å². The number of aromatic amines is 1. The molecule has 0 aliphatic rings. The van der Waals surface area contributed by atoms with E-state index in [1.165, 1.54) is 0 Å². The molecule has 6 heteroatoms. The number of hydrogen-bond acceptors (Lipinski definition) is 2. The molecule has 0 bridgehead atoms. The van der Waals surface area contributed by atoms with Crippen LogP contribution >= 0.6 is 0 Å². The van der Waals surface area contributed by atoms with Crippen LogP contribution in [0.3, 0.4) is 0 Å². The van der Waals surface area contributed by atoms with Gasteiger partial charge in [0.25, 0.3) is 0 Å². The molecule has 2 aromatic heterocycles. The predicted octanol–water partition coefficient (Wildman–Crippen LogP) is 3.68. The van der Waals surface area contributed by atoms with Gasteiger partial charge in [-0.3, -0.25) is 4.68 Å². The molecule has 1 atom stereocenters. The second-order valence-electron chi connectivity index (χ2n) is 6.21. The standard InChI is InChI=1S/C19H25N5O/c1-4-23(12-15-11-21-24(5-2)13-15)19(25)22-14(3)16-6-7-18-17(10-16)8-9-20-18/h6-11,13-14,20H,4-5,12H2,1-3H3,(H,22,25)/t14-/m0/s1. The van der Waals surface area contributed by atoms with Crippen LogP contribution in [0, 0.1) is 0 Å². The summed E-state index contributed by atoms with van der Waals surface area (Å²) >= 11 is 0. The van der Waals surface area contributed by atoms with Crippen LogP contribution in [0.5, 0.6) is 0 Å². The Kier molecular flexibility index (Phi) is 5.07. The van der Waals surface area contributed by atoms with Gasteiger partial charge in [0.05, 0.1) is 18.8 Å². The molecule has 0 unspecified atom stereocenters. The van der Waals surface area contributed by atoms with Crippen LogP contribution in [0.25, 0.3) is 10.9 Å². The van der Waals surface area contributed by atoms with Crippen molar-refractivity contribution < 1.29 is 4.79 Å². The van der Waals surface area contributed by atoms with Crippen molar-refractivity contribution in [3.05, 3.63) is 54.0 Å². The van der Waals surface area contributed by atoms with E-state index in [0.717, 1.165) is 28.6 Å². The summed E-state index contributed by atoms with van der Waals surface area (Å²) in [4.78, 5) is 17.6. The van der Waals surface area contributed by atoms with Crippen LogP contribution in [0.4, 0.5) is 4.79 Å². The number of nitrogens with one attached hydrogen (secondary N) is 2. The van der Waals surface area contributed by atoms with Gasteiger partial charge in [-0.15, -0.1) is 0 Å². The molecule has 0 aliphatic heterocycles. The van der Waals surface area contributed by atoms with E-state index in [9.17, 15) is 4.79 Å². The lowest BCUT2D eigenvalue weighted by molar-refractivity contribution is 0.195. The Morgan fingerprint density at radius 1 is 1.36 bits per heavy atom. The van der Waals surface area contributed by atoms with Crippen molar-refractivity contribution in [3.8, 4) is 0 Å². The zero-order chi connectivity index (χ0) is 17.8. The number of aryl methyl sites for hydroxylation is 1. The van der Waals surface area contributed by atoms with E-state index >= 15 is 0 Å². The highest BCUT2D eigenvalue weighted by Crippen LogP contribution is 2.19. The van der Waals surface area contributed by atoms with Crippen LogP contribution in [0.15, 0.2) is 42.9 Å². The summed E-state index contributed by atoms with van der Waals surface area (Å²) in [5, 5.41) is 8.51. The summed E-state index contributed by atoms with van der Waals surface area (Å²) in [7, 11) is 0. The van der Waals surface area contributed by atoms with Crippen molar-refractivity contribution in [2.24, 2.45) is 0 Å². The molecular formula is C19H25N5O. The first kappa shape index (κ1) is 17.1. The number of urea groups is 1. The van der Waals surface area contributed by atoms with Crippen LogP contribution < -0.4 is 5.32 Å². The van der Waals surface area contributed by atoms with E-state index in [1.807, 2.05) is 62.2 Å². The van der Waals surface area contributed by atoms with Gasteiger partial charge < -0.3 is 15.2 Å². The van der Waals surface area contributed by atoms with Gasteiger partial charge in [-0.05, 0) is 49.9 Å². The number of hydrogen-bond donors (Lipinski definition) is 2. The third-order valence-electron chi connectivity index (χ3n) is 4.47. The molecular weight excluding hydrogens is 314 g/mol. The lowest BCUT2D eigenvalue weighted by Crippen LogP contribution is -2.40. The SMILES string of the molecule is CCN(Cc1cnn(CC)c1)C(=O)N[C@@H](C)c1ccc2[nH]ccc2c1. The van der Waals surface area contributed by atoms with Gasteiger partial charge in [0, 0.05) is 36.6 Å². The molecule has 1 aromatic carbocycles. The minimum Gasteiger partial charge on any atom is -0.361 e. The number of amides is 2. The van der Waals surface area contributed by atoms with Crippen LogP contribution in [0.1, 0.15) is 37.9 Å². The van der Waals surface area contributed by atoms with E-state index < -0.39 is 0 Å². The highest BCUT2D eigenvalue weighted by molar-refractivity contribution is 5.80. The fraction of sp³-hybridized carbons (Fsp3) is 0.368. The molecule has 6 nitrogen and oxygen atoms in total. The maximum atomic E-state index is 12.6. The van der Waals surface area contributed by atoms with Gasteiger partial charge in [0.1, 0.15) is 0 Å². The fourth-order valence-electron chi connectivity index (χ4n) is 2.91. The Hall–Kier alpha value is -2.76. The van der Waals surface area contributed by atoms with Gasteiger partial charge in [-0.25, -0.2) is 4.79 Å². The largest absolute Gasteiger partial charge is 0.361 e. The Balaban J connectivity index is 1.65. The Bertz CT molecular complexity index is 850. The average molecular weight is 339 g/mol. The third kappa shape index (κ3) is 3.84. The third-order valence-corrected chi connectivity index (χ3v) is 4.47. The van der Waals surface area contributed by atoms with Crippen LogP contribution in [0.2, 0.25) is 0 Å². The Morgan fingerprint density at radius 3 is 2.92 bits per heavy atom. The Labute approximate surface area is 147 Å². The summed E-state index contributed by atoms with van der Waals surface area (Å²) in [5.41, 5.74) is 3.24. The lowest BCUT2D eigenvalue weighted by Gasteiger charge is -2.24. The summed E-state index contributed by atoms with van der Waals surface area (Å²) in [6.07, 6.45) is 5.73. The average Bonchev–Trinajstić information content (AvgIpc) is 3.27. The van der Waals surface area contributed by atoms with Gasteiger partial charge >= 0.3 is 6.03 Å². The number of aromatic nitrogens is 3. The number of nitrogens with zero attached hydrogens (tertiary/aromatic N) is 3. The zero-order valence-corrected chi connectivity index (χ0v) is 15.0. The van der Waals surface area contributed by atoms with Crippen molar-refractivity contribution in [1.82, 2.24) is 25.0 Å². The van der Waals surface area contributed by atoms with Crippen LogP contribution in [-0.2, 0) is 13.1 Å². The molecule has 3 aromatic rings. The minimum atomic E-state index is -0.0617. The fourth-order valence-corrected chi connectivity index (χ4v) is 2.91. The molecule has 2 heterocycles. The van der Waals surface area contributed by atoms with E-state index in [4.69, 9.17) is 0 Å². The topological polar surface area (TPSA) is 66.0 Å². The second-order valence-corrected chi connectivity index (χ2v) is 6.21. The van der Waals surface area contributed by atoms with Crippen molar-refractivity contribution >= 4 is 16.9 Å². The molecule has 0 aliphatic carbocycles. The molecule has 2 amide bonds. The number of carbonyl (C=O) groups is 1. The highest BCUT2D eigenvalue weighted by Gasteiger charge is 2.16. The van der Waals surface area contributed by atoms with E-state index in [2.05, 4.69) is 21.5 Å². The molecule has 0 radical (unpaired) electrons. The molecule has 25 heavy (non-hydrogen) atoms. The van der Waals surface area contributed by atoms with Crippen molar-refractivity contribution in [1.29, 1.82) is 0 Å². The normalized spacial score (nSPS) is 12.3. The minimum absolute atomic E-state index is 0.0563. The van der Waals surface area contributed by atoms with E-state index in [1.54, 1.807) is 4.90 Å². The van der Waals surface area contributed by atoms with Gasteiger partial charge in [0.15, 0.2) is 0 Å². The van der Waals surface area contributed by atoms with E-state index in [0.29, 0.717) is 13.1 Å². The summed E-state index contributed by atoms with van der Waals surface area (Å²) in [6.45, 7) is 8.08. The molecule has 3 rings (SSSR count). The first-order chi connectivity index (χ1) is 12.1. The molecule has 132 valence electrons. The van der Waals surface area contributed by atoms with E-state index in [-0.39, 0.29) is 12.1 Å². The summed E-state index contributed by atoms with van der Waals surface area (Å²) < 4.78 is 1.87. The number of fused-ring (bicyclic) bond motifs is 1. The molecule has 2 N–H and O–H groups in total. The number of benzene rings is 1. The first-order valence-electron chi connectivity index (χ1n) is 8.74. The summed E-state index contributed by atoms with van der Waals surface area (Å²) in [5.74, 6) is 0. The van der Waals surface area contributed by atoms with Crippen LogP contribution in [-0.4, -0.2) is 32.2 Å². The maximum absolute atomic E-state index is 12.6. The predicted molar refractivity (Wildman–Crippen MR) is 99.2 cm³/mol. The number of H-pyrrole nitrogens is 1. The molecule has 0 saturated carbocycles. The molecule has 0 spiro atoms. The monoisotopic (exact) mass is 339 g/mol. The quantitative estimate of drug-likeness (QED) is 0.719. The number of rotatable bonds is 6. The molecule has 0 fully saturated rings. The first-order valence-corrected chi connectivity index (χ1v) is 8.74. The van der Waals surface area contributed by atoms with Gasteiger partial charge in [0.2, 0.25) is 0 Å². The molecule has 0 saturated heterocycles. The highest BCUT2D eigenvalue weighted by atomic mass is 16.2. The maximum Gasteiger partial charge on any atom is 0.318 e. The van der Waals surface area contributed by atoms with Gasteiger partial charge in [-0.1, -0.05) is 6.07 Å². The van der Waals surface area contributed by atoms with Crippen molar-refractivity contribution in [3.63, 3.8) is 0 Å². The Morgan fingerprint density at radius 2 is 2.20 bits per heavy atom.